The Morgan fingerprint density at radius 1 is 0.967 bits per heavy atom. The maximum atomic E-state index is 12.6. The Morgan fingerprint density at radius 3 is 2.47 bits per heavy atom. The minimum atomic E-state index is -3.90. The first-order chi connectivity index (χ1) is 14.3. The summed E-state index contributed by atoms with van der Waals surface area (Å²) in [6, 6.07) is 17.5. The van der Waals surface area contributed by atoms with Crippen LogP contribution in [-0.2, 0) is 16.6 Å². The maximum Gasteiger partial charge on any atom is 0.261 e. The number of hydrogen-bond acceptors (Lipinski definition) is 4. The number of halogens is 2. The summed E-state index contributed by atoms with van der Waals surface area (Å²) in [5, 5.41) is 3.18. The Kier molecular flexibility index (Phi) is 6.87. The van der Waals surface area contributed by atoms with Gasteiger partial charge in [0.15, 0.2) is 0 Å². The van der Waals surface area contributed by atoms with E-state index < -0.39 is 10.0 Å². The molecule has 0 saturated heterocycles. The third kappa shape index (κ3) is 5.44. The summed E-state index contributed by atoms with van der Waals surface area (Å²) in [7, 11) is -2.33. The van der Waals surface area contributed by atoms with Crippen molar-refractivity contribution in [3.8, 4) is 5.75 Å². The number of rotatable bonds is 7. The van der Waals surface area contributed by atoms with Crippen molar-refractivity contribution in [1.82, 2.24) is 5.32 Å². The standard InChI is InChI=1S/C21H18Cl2N2O4S/c1-29-17-7-2-4-14(10-17)13-24-21(26)15-5-3-6-16(11-15)25-30(27,28)18-8-9-19(22)20(23)12-18/h2-12,25H,13H2,1H3,(H,24,26). The summed E-state index contributed by atoms with van der Waals surface area (Å²) < 4.78 is 32.8. The molecule has 2 N–H and O–H groups in total. The van der Waals surface area contributed by atoms with Crippen LogP contribution in [0.2, 0.25) is 10.0 Å². The highest BCUT2D eigenvalue weighted by molar-refractivity contribution is 7.92. The average Bonchev–Trinajstić information content (AvgIpc) is 2.74. The van der Waals surface area contributed by atoms with Gasteiger partial charge in [-0.3, -0.25) is 9.52 Å². The molecule has 0 atom stereocenters. The molecular weight excluding hydrogens is 447 g/mol. The topological polar surface area (TPSA) is 84.5 Å². The summed E-state index contributed by atoms with van der Waals surface area (Å²) in [4.78, 5) is 12.5. The summed E-state index contributed by atoms with van der Waals surface area (Å²) in [6.07, 6.45) is 0. The van der Waals surface area contributed by atoms with Gasteiger partial charge in [-0.25, -0.2) is 8.42 Å². The molecule has 30 heavy (non-hydrogen) atoms. The molecule has 3 rings (SSSR count). The van der Waals surface area contributed by atoms with E-state index in [9.17, 15) is 13.2 Å². The smallest absolute Gasteiger partial charge is 0.261 e. The van der Waals surface area contributed by atoms with Crippen molar-refractivity contribution < 1.29 is 17.9 Å². The number of ether oxygens (including phenoxy) is 1. The summed E-state index contributed by atoms with van der Waals surface area (Å²) in [6.45, 7) is 0.301. The van der Waals surface area contributed by atoms with Crippen molar-refractivity contribution in [3.05, 3.63) is 87.9 Å². The fraction of sp³-hybridized carbons (Fsp3) is 0.0952. The fourth-order valence-electron chi connectivity index (χ4n) is 2.65. The molecule has 0 bridgehead atoms. The fourth-order valence-corrected chi connectivity index (χ4v) is 4.09. The molecule has 1 amide bonds. The number of carbonyl (C=O) groups is 1. The molecule has 0 aliphatic heterocycles. The second-order valence-electron chi connectivity index (χ2n) is 6.30. The van der Waals surface area contributed by atoms with Crippen molar-refractivity contribution in [2.75, 3.05) is 11.8 Å². The van der Waals surface area contributed by atoms with Crippen LogP contribution in [0.3, 0.4) is 0 Å². The molecule has 6 nitrogen and oxygen atoms in total. The van der Waals surface area contributed by atoms with Crippen LogP contribution < -0.4 is 14.8 Å². The highest BCUT2D eigenvalue weighted by atomic mass is 35.5. The maximum absolute atomic E-state index is 12.6. The van der Waals surface area contributed by atoms with Gasteiger partial charge >= 0.3 is 0 Å². The quantitative estimate of drug-likeness (QED) is 0.528. The predicted molar refractivity (Wildman–Crippen MR) is 118 cm³/mol. The van der Waals surface area contributed by atoms with Crippen LogP contribution >= 0.6 is 23.2 Å². The second-order valence-corrected chi connectivity index (χ2v) is 8.79. The van der Waals surface area contributed by atoms with Gasteiger partial charge in [0.2, 0.25) is 0 Å². The van der Waals surface area contributed by atoms with Gasteiger partial charge in [0.25, 0.3) is 15.9 Å². The van der Waals surface area contributed by atoms with Gasteiger partial charge in [-0.2, -0.15) is 0 Å². The second kappa shape index (κ2) is 9.38. The van der Waals surface area contributed by atoms with E-state index in [1.165, 1.54) is 24.3 Å². The lowest BCUT2D eigenvalue weighted by Crippen LogP contribution is -2.23. The van der Waals surface area contributed by atoms with Gasteiger partial charge in [-0.1, -0.05) is 41.4 Å². The molecule has 156 valence electrons. The highest BCUT2D eigenvalue weighted by Gasteiger charge is 2.16. The van der Waals surface area contributed by atoms with Crippen LogP contribution in [0.25, 0.3) is 0 Å². The minimum Gasteiger partial charge on any atom is -0.497 e. The Hall–Kier alpha value is -2.74. The Balaban J connectivity index is 1.71. The molecule has 0 spiro atoms. The average molecular weight is 465 g/mol. The first-order valence-corrected chi connectivity index (χ1v) is 11.0. The minimum absolute atomic E-state index is 0.0372. The zero-order valence-electron chi connectivity index (χ0n) is 15.9. The molecule has 0 saturated carbocycles. The molecule has 3 aromatic carbocycles. The normalized spacial score (nSPS) is 11.0. The van der Waals surface area contributed by atoms with Gasteiger partial charge in [0.05, 0.1) is 22.1 Å². The van der Waals surface area contributed by atoms with E-state index in [4.69, 9.17) is 27.9 Å². The van der Waals surface area contributed by atoms with E-state index >= 15 is 0 Å². The third-order valence-corrected chi connectivity index (χ3v) is 6.28. The molecule has 0 unspecified atom stereocenters. The Morgan fingerprint density at radius 2 is 1.73 bits per heavy atom. The number of amides is 1. The molecule has 9 heteroatoms. The molecular formula is C21H18Cl2N2O4S. The monoisotopic (exact) mass is 464 g/mol. The van der Waals surface area contributed by atoms with Crippen molar-refractivity contribution in [1.29, 1.82) is 0 Å². The van der Waals surface area contributed by atoms with Crippen molar-refractivity contribution in [2.45, 2.75) is 11.4 Å². The van der Waals surface area contributed by atoms with E-state index in [-0.39, 0.29) is 26.5 Å². The SMILES string of the molecule is COc1cccc(CNC(=O)c2cccc(NS(=O)(=O)c3ccc(Cl)c(Cl)c3)c2)c1. The Labute approximate surface area is 184 Å². The molecule has 0 fully saturated rings. The molecule has 0 radical (unpaired) electrons. The van der Waals surface area contributed by atoms with E-state index in [0.29, 0.717) is 17.9 Å². The summed E-state index contributed by atoms with van der Waals surface area (Å²) in [5.41, 5.74) is 1.43. The number of benzene rings is 3. The number of methoxy groups -OCH3 is 1. The molecule has 3 aromatic rings. The van der Waals surface area contributed by atoms with Gasteiger partial charge in [0.1, 0.15) is 5.75 Å². The first kappa shape index (κ1) is 22.0. The van der Waals surface area contributed by atoms with E-state index in [1.54, 1.807) is 25.3 Å². The number of sulfonamides is 1. The lowest BCUT2D eigenvalue weighted by molar-refractivity contribution is 0.0951. The van der Waals surface area contributed by atoms with Crippen molar-refractivity contribution >= 4 is 44.8 Å². The van der Waals surface area contributed by atoms with Gasteiger partial charge in [-0.05, 0) is 54.1 Å². The molecule has 0 heterocycles. The van der Waals surface area contributed by atoms with Crippen molar-refractivity contribution in [3.63, 3.8) is 0 Å². The van der Waals surface area contributed by atoms with Gasteiger partial charge in [0, 0.05) is 17.8 Å². The van der Waals surface area contributed by atoms with Gasteiger partial charge < -0.3 is 10.1 Å². The highest BCUT2D eigenvalue weighted by Crippen LogP contribution is 2.26. The molecule has 0 aliphatic carbocycles. The van der Waals surface area contributed by atoms with Crippen molar-refractivity contribution in [2.24, 2.45) is 0 Å². The predicted octanol–water partition coefficient (Wildman–Crippen LogP) is 4.73. The zero-order chi connectivity index (χ0) is 21.7. The van der Waals surface area contributed by atoms with Crippen LogP contribution in [0.4, 0.5) is 5.69 Å². The van der Waals surface area contributed by atoms with E-state index in [0.717, 1.165) is 5.56 Å². The lowest BCUT2D eigenvalue weighted by Gasteiger charge is -2.11. The Bertz CT molecular complexity index is 1180. The van der Waals surface area contributed by atoms with Crippen LogP contribution in [0.5, 0.6) is 5.75 Å². The van der Waals surface area contributed by atoms with E-state index in [2.05, 4.69) is 10.0 Å². The molecule has 0 aromatic heterocycles. The largest absolute Gasteiger partial charge is 0.497 e. The third-order valence-electron chi connectivity index (χ3n) is 4.17. The van der Waals surface area contributed by atoms with Crippen LogP contribution in [0.15, 0.2) is 71.6 Å². The number of hydrogen-bond donors (Lipinski definition) is 2. The zero-order valence-corrected chi connectivity index (χ0v) is 18.2. The first-order valence-electron chi connectivity index (χ1n) is 8.77. The van der Waals surface area contributed by atoms with Gasteiger partial charge in [-0.15, -0.1) is 0 Å². The number of carbonyl (C=O) groups excluding carboxylic acids is 1. The lowest BCUT2D eigenvalue weighted by atomic mass is 10.1. The van der Waals surface area contributed by atoms with Crippen LogP contribution in [0.1, 0.15) is 15.9 Å². The van der Waals surface area contributed by atoms with Crippen LogP contribution in [0, 0.1) is 0 Å². The van der Waals surface area contributed by atoms with Crippen LogP contribution in [-0.4, -0.2) is 21.4 Å². The number of nitrogens with one attached hydrogen (secondary N) is 2. The van der Waals surface area contributed by atoms with E-state index in [1.807, 2.05) is 24.3 Å². The summed E-state index contributed by atoms with van der Waals surface area (Å²) >= 11 is 11.7. The molecule has 0 aliphatic rings. The number of anilines is 1. The summed E-state index contributed by atoms with van der Waals surface area (Å²) in [5.74, 6) is 0.355.